The number of hydrogen-bond acceptors (Lipinski definition) is 4. The lowest BCUT2D eigenvalue weighted by atomic mass is 10.1. The lowest BCUT2D eigenvalue weighted by Gasteiger charge is -2.11. The molecule has 0 amide bonds. The van der Waals surface area contributed by atoms with Gasteiger partial charge in [0.05, 0.1) is 11.0 Å². The zero-order valence-electron chi connectivity index (χ0n) is 16.0. The Kier molecular flexibility index (Phi) is 6.33. The highest BCUT2D eigenvalue weighted by Crippen LogP contribution is 2.25. The van der Waals surface area contributed by atoms with E-state index in [0.29, 0.717) is 10.0 Å². The zero-order chi connectivity index (χ0) is 20.1. The quantitative estimate of drug-likeness (QED) is 0.306. The highest BCUT2D eigenvalue weighted by atomic mass is 35.5. The van der Waals surface area contributed by atoms with E-state index < -0.39 is 0 Å². The molecule has 2 N–H and O–H groups in total. The van der Waals surface area contributed by atoms with Crippen LogP contribution >= 0.6 is 23.2 Å². The van der Waals surface area contributed by atoms with E-state index in [1.165, 1.54) is 0 Å². The summed E-state index contributed by atoms with van der Waals surface area (Å²) in [7, 11) is 0. The number of fused-ring (bicyclic) bond motifs is 2. The maximum atomic E-state index is 6.05. The van der Waals surface area contributed by atoms with Gasteiger partial charge >= 0.3 is 0 Å². The van der Waals surface area contributed by atoms with Crippen molar-refractivity contribution in [1.29, 1.82) is 0 Å². The molecule has 0 radical (unpaired) electrons. The van der Waals surface area contributed by atoms with Crippen molar-refractivity contribution in [3.63, 3.8) is 0 Å². The topological polar surface area (TPSA) is 49.8 Å². The molecule has 4 nitrogen and oxygen atoms in total. The van der Waals surface area contributed by atoms with Gasteiger partial charge in [-0.3, -0.25) is 9.97 Å². The molecule has 0 fully saturated rings. The Bertz CT molecular complexity index is 1040. The van der Waals surface area contributed by atoms with Gasteiger partial charge in [0, 0.05) is 57.7 Å². The summed E-state index contributed by atoms with van der Waals surface area (Å²) in [5.41, 5.74) is 4.04. The van der Waals surface area contributed by atoms with Gasteiger partial charge in [-0.15, -0.1) is 0 Å². The van der Waals surface area contributed by atoms with E-state index in [-0.39, 0.29) is 0 Å². The molecule has 0 aliphatic carbocycles. The standard InChI is InChI=1S/C23H22Cl2N4/c24-16-4-6-18-20(8-12-28-22(18)14-16)26-10-2-1-3-11-27-21-9-13-29-23-15-17(25)5-7-19(21)23/h4-9,12-15H,1-3,10-11H2,(H,26,28)(H,27,29). The van der Waals surface area contributed by atoms with Crippen LogP contribution in [0.1, 0.15) is 19.3 Å². The highest BCUT2D eigenvalue weighted by Gasteiger charge is 2.03. The predicted molar refractivity (Wildman–Crippen MR) is 124 cm³/mol. The first-order valence-electron chi connectivity index (χ1n) is 9.77. The number of benzene rings is 2. The number of pyridine rings is 2. The van der Waals surface area contributed by atoms with Crippen LogP contribution in [-0.2, 0) is 0 Å². The van der Waals surface area contributed by atoms with Crippen LogP contribution in [0.3, 0.4) is 0 Å². The number of anilines is 2. The van der Waals surface area contributed by atoms with Crippen LogP contribution in [0.5, 0.6) is 0 Å². The van der Waals surface area contributed by atoms with E-state index in [1.807, 2.05) is 60.9 Å². The molecule has 0 spiro atoms. The maximum absolute atomic E-state index is 6.05. The Hall–Kier alpha value is -2.56. The van der Waals surface area contributed by atoms with Crippen molar-refractivity contribution >= 4 is 56.4 Å². The second-order valence-electron chi connectivity index (χ2n) is 6.95. The molecule has 2 heterocycles. The molecule has 29 heavy (non-hydrogen) atoms. The van der Waals surface area contributed by atoms with Gasteiger partial charge in [0.15, 0.2) is 0 Å². The number of nitrogens with zero attached hydrogens (tertiary/aromatic N) is 2. The highest BCUT2D eigenvalue weighted by molar-refractivity contribution is 6.31. The first-order valence-corrected chi connectivity index (χ1v) is 10.5. The predicted octanol–water partition coefficient (Wildman–Crippen LogP) is 6.78. The van der Waals surface area contributed by atoms with Crippen molar-refractivity contribution < 1.29 is 0 Å². The fourth-order valence-corrected chi connectivity index (χ4v) is 3.76. The summed E-state index contributed by atoms with van der Waals surface area (Å²) < 4.78 is 0. The smallest absolute Gasteiger partial charge is 0.0737 e. The fourth-order valence-electron chi connectivity index (χ4n) is 3.42. The second-order valence-corrected chi connectivity index (χ2v) is 7.83. The second kappa shape index (κ2) is 9.29. The SMILES string of the molecule is Clc1ccc2c(NCCCCCNc3ccnc4cc(Cl)ccc34)ccnc2c1. The van der Waals surface area contributed by atoms with Gasteiger partial charge in [-0.1, -0.05) is 23.2 Å². The Labute approximate surface area is 180 Å². The van der Waals surface area contributed by atoms with Gasteiger partial charge in [-0.25, -0.2) is 0 Å². The van der Waals surface area contributed by atoms with Gasteiger partial charge in [0.2, 0.25) is 0 Å². The molecule has 0 atom stereocenters. The minimum absolute atomic E-state index is 0.708. The van der Waals surface area contributed by atoms with Crippen molar-refractivity contribution in [3.8, 4) is 0 Å². The number of unbranched alkanes of at least 4 members (excludes halogenated alkanes) is 2. The van der Waals surface area contributed by atoms with Crippen LogP contribution < -0.4 is 10.6 Å². The minimum atomic E-state index is 0.708. The summed E-state index contributed by atoms with van der Waals surface area (Å²) >= 11 is 12.1. The Morgan fingerprint density at radius 3 is 1.59 bits per heavy atom. The first kappa shape index (κ1) is 19.7. The average molecular weight is 425 g/mol. The van der Waals surface area contributed by atoms with E-state index in [4.69, 9.17) is 23.2 Å². The molecule has 0 unspecified atom stereocenters. The molecular formula is C23H22Cl2N4. The van der Waals surface area contributed by atoms with Gasteiger partial charge < -0.3 is 10.6 Å². The summed E-state index contributed by atoms with van der Waals surface area (Å²) in [5, 5.41) is 10.7. The van der Waals surface area contributed by atoms with Crippen LogP contribution in [0.15, 0.2) is 60.9 Å². The van der Waals surface area contributed by atoms with Crippen molar-refractivity contribution in [3.05, 3.63) is 71.0 Å². The van der Waals surface area contributed by atoms with Crippen molar-refractivity contribution in [2.45, 2.75) is 19.3 Å². The molecule has 2 aromatic heterocycles. The lowest BCUT2D eigenvalue weighted by molar-refractivity contribution is 0.721. The molecule has 0 saturated heterocycles. The maximum Gasteiger partial charge on any atom is 0.0737 e. The van der Waals surface area contributed by atoms with Gasteiger partial charge in [-0.05, 0) is 67.8 Å². The van der Waals surface area contributed by atoms with Crippen LogP contribution in [0.4, 0.5) is 11.4 Å². The van der Waals surface area contributed by atoms with Gasteiger partial charge in [0.25, 0.3) is 0 Å². The molecule has 0 bridgehead atoms. The monoisotopic (exact) mass is 424 g/mol. The summed E-state index contributed by atoms with van der Waals surface area (Å²) in [4.78, 5) is 8.76. The van der Waals surface area contributed by atoms with Crippen molar-refractivity contribution in [1.82, 2.24) is 9.97 Å². The third-order valence-corrected chi connectivity index (χ3v) is 5.36. The molecule has 0 saturated carbocycles. The average Bonchev–Trinajstić information content (AvgIpc) is 2.72. The summed E-state index contributed by atoms with van der Waals surface area (Å²) in [6.07, 6.45) is 6.98. The number of nitrogens with one attached hydrogen (secondary N) is 2. The van der Waals surface area contributed by atoms with E-state index in [1.54, 1.807) is 0 Å². The Morgan fingerprint density at radius 2 is 1.10 bits per heavy atom. The molecule has 0 aliphatic heterocycles. The molecule has 148 valence electrons. The molecule has 2 aromatic carbocycles. The lowest BCUT2D eigenvalue weighted by Crippen LogP contribution is -2.05. The van der Waals surface area contributed by atoms with Crippen molar-refractivity contribution in [2.75, 3.05) is 23.7 Å². The summed E-state index contributed by atoms with van der Waals surface area (Å²) in [6, 6.07) is 15.6. The van der Waals surface area contributed by atoms with E-state index in [9.17, 15) is 0 Å². The molecule has 0 aliphatic rings. The fraction of sp³-hybridized carbons (Fsp3) is 0.217. The Morgan fingerprint density at radius 1 is 0.621 bits per heavy atom. The molecule has 6 heteroatoms. The van der Waals surface area contributed by atoms with Crippen LogP contribution in [0.25, 0.3) is 21.8 Å². The van der Waals surface area contributed by atoms with E-state index in [2.05, 4.69) is 20.6 Å². The zero-order valence-corrected chi connectivity index (χ0v) is 17.5. The molecule has 4 rings (SSSR count). The number of hydrogen-bond donors (Lipinski definition) is 2. The van der Waals surface area contributed by atoms with Crippen LogP contribution in [0.2, 0.25) is 10.0 Å². The summed E-state index contributed by atoms with van der Waals surface area (Å²) in [6.45, 7) is 1.86. The van der Waals surface area contributed by atoms with Gasteiger partial charge in [0.1, 0.15) is 0 Å². The third-order valence-electron chi connectivity index (χ3n) is 4.89. The first-order chi connectivity index (χ1) is 14.2. The van der Waals surface area contributed by atoms with E-state index in [0.717, 1.165) is 65.5 Å². The van der Waals surface area contributed by atoms with Crippen molar-refractivity contribution in [2.24, 2.45) is 0 Å². The number of rotatable bonds is 8. The minimum Gasteiger partial charge on any atom is -0.384 e. The Balaban J connectivity index is 1.23. The van der Waals surface area contributed by atoms with Crippen LogP contribution in [0, 0.1) is 0 Å². The number of halogens is 2. The molecular weight excluding hydrogens is 403 g/mol. The summed E-state index contributed by atoms with van der Waals surface area (Å²) in [5.74, 6) is 0. The third kappa shape index (κ3) is 4.89. The van der Waals surface area contributed by atoms with Crippen LogP contribution in [-0.4, -0.2) is 23.1 Å². The largest absolute Gasteiger partial charge is 0.384 e. The number of aromatic nitrogens is 2. The normalized spacial score (nSPS) is 11.1. The van der Waals surface area contributed by atoms with E-state index >= 15 is 0 Å². The van der Waals surface area contributed by atoms with Gasteiger partial charge in [-0.2, -0.15) is 0 Å². The molecule has 4 aromatic rings.